The van der Waals surface area contributed by atoms with Gasteiger partial charge in [0, 0.05) is 24.7 Å². The number of hydrogen-bond acceptors (Lipinski definition) is 3. The third-order valence-electron chi connectivity index (χ3n) is 2.15. The van der Waals surface area contributed by atoms with Crippen LogP contribution in [0.15, 0.2) is 11.6 Å². The van der Waals surface area contributed by atoms with Crippen LogP contribution < -0.4 is 5.32 Å². The maximum Gasteiger partial charge on any atom is 0.0897 e. The van der Waals surface area contributed by atoms with Gasteiger partial charge in [-0.1, -0.05) is 44.4 Å². The molecule has 0 aromatic rings. The van der Waals surface area contributed by atoms with Gasteiger partial charge in [-0.2, -0.15) is 0 Å². The van der Waals surface area contributed by atoms with Gasteiger partial charge in [0.05, 0.1) is 12.7 Å². The van der Waals surface area contributed by atoms with E-state index in [9.17, 15) is 5.11 Å². The topological polar surface area (TPSA) is 41.5 Å². The van der Waals surface area contributed by atoms with E-state index in [0.717, 1.165) is 13.0 Å². The predicted molar refractivity (Wildman–Crippen MR) is 68.8 cm³/mol. The van der Waals surface area contributed by atoms with Crippen molar-refractivity contribution in [3.63, 3.8) is 0 Å². The molecule has 0 aliphatic carbocycles. The Kier molecular flexibility index (Phi) is 11.3. The molecule has 1 unspecified atom stereocenters. The maximum atomic E-state index is 9.50. The first-order chi connectivity index (χ1) is 7.66. The maximum absolute atomic E-state index is 9.50. The summed E-state index contributed by atoms with van der Waals surface area (Å²) in [7, 11) is 0. The summed E-state index contributed by atoms with van der Waals surface area (Å²) in [5.74, 6) is 0. The molecular weight excluding hydrogens is 226 g/mol. The van der Waals surface area contributed by atoms with Gasteiger partial charge in [0.25, 0.3) is 0 Å². The van der Waals surface area contributed by atoms with Crippen LogP contribution in [0, 0.1) is 0 Å². The minimum absolute atomic E-state index is 0.383. The summed E-state index contributed by atoms with van der Waals surface area (Å²) < 4.78 is 5.35. The second-order valence-corrected chi connectivity index (χ2v) is 4.47. The molecular formula is C12H24ClNO2. The lowest BCUT2D eigenvalue weighted by Gasteiger charge is -2.11. The second kappa shape index (κ2) is 11.4. The smallest absolute Gasteiger partial charge is 0.0897 e. The van der Waals surface area contributed by atoms with E-state index in [2.05, 4.69) is 18.8 Å². The largest absolute Gasteiger partial charge is 0.389 e. The summed E-state index contributed by atoms with van der Waals surface area (Å²) in [6.45, 7) is 7.86. The van der Waals surface area contributed by atoms with E-state index < -0.39 is 6.10 Å². The van der Waals surface area contributed by atoms with Crippen molar-refractivity contribution in [2.24, 2.45) is 0 Å². The van der Waals surface area contributed by atoms with Gasteiger partial charge in [-0.05, 0) is 6.42 Å². The molecule has 0 aromatic heterocycles. The van der Waals surface area contributed by atoms with Crippen LogP contribution in [0.4, 0.5) is 0 Å². The Morgan fingerprint density at radius 1 is 1.44 bits per heavy atom. The summed E-state index contributed by atoms with van der Waals surface area (Å²) in [4.78, 5) is 0. The highest BCUT2D eigenvalue weighted by atomic mass is 35.5. The predicted octanol–water partition coefficient (Wildman–Crippen LogP) is 2.29. The van der Waals surface area contributed by atoms with Crippen molar-refractivity contribution in [3.05, 3.63) is 11.6 Å². The number of ether oxygens (including phenoxy) is 1. The molecule has 0 saturated heterocycles. The van der Waals surface area contributed by atoms with E-state index >= 15 is 0 Å². The van der Waals surface area contributed by atoms with Crippen LogP contribution in [0.2, 0.25) is 0 Å². The van der Waals surface area contributed by atoms with Crippen LogP contribution in [0.25, 0.3) is 0 Å². The van der Waals surface area contributed by atoms with Crippen LogP contribution in [0.1, 0.15) is 32.6 Å². The summed E-state index contributed by atoms with van der Waals surface area (Å²) >= 11 is 5.57. The number of nitrogens with one attached hydrogen (secondary N) is 1. The summed E-state index contributed by atoms with van der Waals surface area (Å²) in [6, 6.07) is 0. The first kappa shape index (κ1) is 15.9. The summed E-state index contributed by atoms with van der Waals surface area (Å²) in [6.07, 6.45) is 4.30. The van der Waals surface area contributed by atoms with E-state index in [1.807, 2.05) is 0 Å². The van der Waals surface area contributed by atoms with Crippen molar-refractivity contribution < 1.29 is 9.84 Å². The lowest BCUT2D eigenvalue weighted by atomic mass is 10.2. The first-order valence-corrected chi connectivity index (χ1v) is 6.34. The Hall–Kier alpha value is -0.0900. The van der Waals surface area contributed by atoms with Gasteiger partial charge >= 0.3 is 0 Å². The van der Waals surface area contributed by atoms with Crippen molar-refractivity contribution in [2.45, 2.75) is 38.7 Å². The average Bonchev–Trinajstić information content (AvgIpc) is 2.22. The van der Waals surface area contributed by atoms with Gasteiger partial charge in [0.2, 0.25) is 0 Å². The molecule has 1 atom stereocenters. The fourth-order valence-corrected chi connectivity index (χ4v) is 1.38. The molecule has 0 heterocycles. The van der Waals surface area contributed by atoms with Crippen molar-refractivity contribution >= 4 is 11.6 Å². The van der Waals surface area contributed by atoms with E-state index in [4.69, 9.17) is 16.3 Å². The molecule has 0 radical (unpaired) electrons. The third kappa shape index (κ3) is 12.0. The molecule has 0 saturated carbocycles. The SMILES string of the molecule is C=C(Cl)CNCC(O)COCCCCCC. The van der Waals surface area contributed by atoms with Gasteiger partial charge in [-0.15, -0.1) is 0 Å². The summed E-state index contributed by atoms with van der Waals surface area (Å²) in [5, 5.41) is 13.0. The molecule has 96 valence electrons. The van der Waals surface area contributed by atoms with E-state index in [1.54, 1.807) is 0 Å². The average molecular weight is 250 g/mol. The van der Waals surface area contributed by atoms with Crippen LogP contribution >= 0.6 is 11.6 Å². The summed E-state index contributed by atoms with van der Waals surface area (Å²) in [5.41, 5.74) is 0. The highest BCUT2D eigenvalue weighted by Gasteiger charge is 2.03. The fraction of sp³-hybridized carbons (Fsp3) is 0.833. The van der Waals surface area contributed by atoms with Gasteiger partial charge in [0.1, 0.15) is 0 Å². The Labute approximate surface area is 104 Å². The third-order valence-corrected chi connectivity index (χ3v) is 2.28. The van der Waals surface area contributed by atoms with E-state index in [1.165, 1.54) is 19.3 Å². The van der Waals surface area contributed by atoms with Crippen LogP contribution in [0.5, 0.6) is 0 Å². The standard InChI is InChI=1S/C12H24ClNO2/c1-3-4-5-6-7-16-10-12(15)9-14-8-11(2)13/h12,14-15H,2-10H2,1H3. The van der Waals surface area contributed by atoms with Gasteiger partial charge in [-0.3, -0.25) is 0 Å². The second-order valence-electron chi connectivity index (χ2n) is 3.94. The Bertz CT molecular complexity index is 176. The first-order valence-electron chi connectivity index (χ1n) is 5.96. The zero-order valence-corrected chi connectivity index (χ0v) is 10.9. The number of unbranched alkanes of at least 4 members (excludes halogenated alkanes) is 3. The monoisotopic (exact) mass is 249 g/mol. The van der Waals surface area contributed by atoms with Crippen molar-refractivity contribution in [3.8, 4) is 0 Å². The van der Waals surface area contributed by atoms with Crippen molar-refractivity contribution in [1.29, 1.82) is 0 Å². The zero-order chi connectivity index (χ0) is 12.2. The molecule has 2 N–H and O–H groups in total. The number of hydrogen-bond donors (Lipinski definition) is 2. The van der Waals surface area contributed by atoms with Gasteiger partial charge in [0.15, 0.2) is 0 Å². The van der Waals surface area contributed by atoms with E-state index in [-0.39, 0.29) is 0 Å². The minimum atomic E-state index is -0.470. The Morgan fingerprint density at radius 3 is 2.81 bits per heavy atom. The highest BCUT2D eigenvalue weighted by molar-refractivity contribution is 6.29. The molecule has 4 heteroatoms. The Morgan fingerprint density at radius 2 is 2.19 bits per heavy atom. The minimum Gasteiger partial charge on any atom is -0.389 e. The normalized spacial score (nSPS) is 12.7. The molecule has 3 nitrogen and oxygen atoms in total. The lowest BCUT2D eigenvalue weighted by Crippen LogP contribution is -2.31. The number of rotatable bonds is 11. The molecule has 0 aliphatic heterocycles. The molecule has 0 rings (SSSR count). The lowest BCUT2D eigenvalue weighted by molar-refractivity contribution is 0.0359. The van der Waals surface area contributed by atoms with Gasteiger partial charge < -0.3 is 15.2 Å². The van der Waals surface area contributed by atoms with Crippen LogP contribution in [0.3, 0.4) is 0 Å². The zero-order valence-electron chi connectivity index (χ0n) is 10.2. The molecule has 0 fully saturated rings. The van der Waals surface area contributed by atoms with Crippen LogP contribution in [-0.4, -0.2) is 37.5 Å². The van der Waals surface area contributed by atoms with Crippen molar-refractivity contribution in [1.82, 2.24) is 5.32 Å². The quantitative estimate of drug-likeness (QED) is 0.552. The highest BCUT2D eigenvalue weighted by Crippen LogP contribution is 1.99. The Balaban J connectivity index is 3.17. The molecule has 0 aliphatic rings. The molecule has 16 heavy (non-hydrogen) atoms. The number of aliphatic hydroxyl groups excluding tert-OH is 1. The van der Waals surface area contributed by atoms with Crippen molar-refractivity contribution in [2.75, 3.05) is 26.3 Å². The van der Waals surface area contributed by atoms with E-state index in [0.29, 0.717) is 24.7 Å². The number of aliphatic hydroxyl groups is 1. The molecule has 0 spiro atoms. The number of halogens is 1. The molecule has 0 amide bonds. The van der Waals surface area contributed by atoms with Crippen LogP contribution in [-0.2, 0) is 4.74 Å². The fourth-order valence-electron chi connectivity index (χ4n) is 1.28. The van der Waals surface area contributed by atoms with Gasteiger partial charge in [-0.25, -0.2) is 0 Å². The molecule has 0 bridgehead atoms. The molecule has 0 aromatic carbocycles.